The fraction of sp³-hybridized carbons (Fsp3) is 0.316. The topological polar surface area (TPSA) is 108 Å². The maximum atomic E-state index is 12.1. The van der Waals surface area contributed by atoms with Crippen LogP contribution in [0.2, 0.25) is 0 Å². The first kappa shape index (κ1) is 19.1. The van der Waals surface area contributed by atoms with E-state index in [1.54, 1.807) is 24.3 Å². The molecule has 2 aromatic rings. The van der Waals surface area contributed by atoms with Crippen molar-refractivity contribution < 1.29 is 19.5 Å². The highest BCUT2D eigenvalue weighted by atomic mass is 32.1. The van der Waals surface area contributed by atoms with Crippen LogP contribution in [0, 0.1) is 5.92 Å². The Morgan fingerprint density at radius 2 is 1.70 bits per heavy atom. The van der Waals surface area contributed by atoms with E-state index in [0.29, 0.717) is 11.4 Å². The van der Waals surface area contributed by atoms with E-state index in [-0.39, 0.29) is 18.4 Å². The molecule has 142 valence electrons. The van der Waals surface area contributed by atoms with Crippen molar-refractivity contribution in [2.45, 2.75) is 25.4 Å². The van der Waals surface area contributed by atoms with E-state index < -0.39 is 17.4 Å². The minimum Gasteiger partial charge on any atom is -0.382 e. The van der Waals surface area contributed by atoms with Gasteiger partial charge in [0.25, 0.3) is 0 Å². The van der Waals surface area contributed by atoms with Gasteiger partial charge in [-0.25, -0.2) is 0 Å². The van der Waals surface area contributed by atoms with Crippen LogP contribution in [0.15, 0.2) is 41.8 Å². The molecule has 1 aliphatic carbocycles. The molecule has 1 heterocycles. The Labute approximate surface area is 160 Å². The third kappa shape index (κ3) is 4.72. The van der Waals surface area contributed by atoms with E-state index in [1.807, 2.05) is 17.5 Å². The first-order valence-electron chi connectivity index (χ1n) is 8.61. The summed E-state index contributed by atoms with van der Waals surface area (Å²) in [6.45, 7) is 1.39. The highest BCUT2D eigenvalue weighted by Gasteiger charge is 2.46. The van der Waals surface area contributed by atoms with Crippen molar-refractivity contribution in [3.63, 3.8) is 0 Å². The molecule has 3 rings (SSSR count). The van der Waals surface area contributed by atoms with Crippen LogP contribution >= 0.6 is 11.3 Å². The summed E-state index contributed by atoms with van der Waals surface area (Å²) in [7, 11) is 0. The van der Waals surface area contributed by atoms with Gasteiger partial charge in [-0.05, 0) is 54.5 Å². The van der Waals surface area contributed by atoms with Crippen molar-refractivity contribution in [1.82, 2.24) is 5.32 Å². The van der Waals surface area contributed by atoms with Gasteiger partial charge in [-0.15, -0.1) is 11.3 Å². The maximum Gasteiger partial charge on any atom is 0.313 e. The summed E-state index contributed by atoms with van der Waals surface area (Å²) >= 11 is 1.43. The lowest BCUT2D eigenvalue weighted by Gasteiger charge is -2.27. The number of hydrogen-bond acceptors (Lipinski definition) is 5. The summed E-state index contributed by atoms with van der Waals surface area (Å²) in [6.07, 6.45) is 1.80. The Bertz CT molecular complexity index is 831. The molecule has 0 saturated heterocycles. The van der Waals surface area contributed by atoms with E-state index in [1.165, 1.54) is 18.3 Å². The number of carbonyl (C=O) groups is 3. The van der Waals surface area contributed by atoms with Gasteiger partial charge in [-0.2, -0.15) is 0 Å². The maximum absolute atomic E-state index is 12.1. The predicted molar refractivity (Wildman–Crippen MR) is 103 cm³/mol. The van der Waals surface area contributed by atoms with Crippen LogP contribution in [-0.2, 0) is 20.0 Å². The molecule has 1 atom stereocenters. The Balaban J connectivity index is 1.56. The van der Waals surface area contributed by atoms with Crippen molar-refractivity contribution in [2.75, 3.05) is 17.2 Å². The Morgan fingerprint density at radius 3 is 2.22 bits per heavy atom. The number of hydrogen-bond donors (Lipinski definition) is 4. The van der Waals surface area contributed by atoms with E-state index in [4.69, 9.17) is 0 Å². The average Bonchev–Trinajstić information content (AvgIpc) is 3.35. The summed E-state index contributed by atoms with van der Waals surface area (Å²) in [6, 6.07) is 10.1. The fourth-order valence-corrected chi connectivity index (χ4v) is 3.75. The van der Waals surface area contributed by atoms with Gasteiger partial charge in [-0.1, -0.05) is 6.07 Å². The summed E-state index contributed by atoms with van der Waals surface area (Å²) < 4.78 is 0. The third-order valence-electron chi connectivity index (χ3n) is 4.39. The van der Waals surface area contributed by atoms with Gasteiger partial charge in [0.1, 0.15) is 5.60 Å². The van der Waals surface area contributed by atoms with Gasteiger partial charge in [0.05, 0.1) is 6.54 Å². The predicted octanol–water partition coefficient (Wildman–Crippen LogP) is 2.06. The summed E-state index contributed by atoms with van der Waals surface area (Å²) in [4.78, 5) is 36.0. The van der Waals surface area contributed by atoms with Gasteiger partial charge < -0.3 is 21.1 Å². The van der Waals surface area contributed by atoms with E-state index in [2.05, 4.69) is 16.0 Å². The molecule has 0 radical (unpaired) electrons. The molecule has 1 saturated carbocycles. The summed E-state index contributed by atoms with van der Waals surface area (Å²) in [5, 5.41) is 20.5. The Hall–Kier alpha value is -2.71. The fourth-order valence-electron chi connectivity index (χ4n) is 2.84. The number of amides is 3. The Kier molecular flexibility index (Phi) is 5.57. The highest BCUT2D eigenvalue weighted by Crippen LogP contribution is 2.46. The molecule has 4 N–H and O–H groups in total. The minimum absolute atomic E-state index is 0.00803. The molecule has 1 aromatic carbocycles. The first-order valence-corrected chi connectivity index (χ1v) is 9.49. The minimum atomic E-state index is -1.13. The van der Waals surface area contributed by atoms with Crippen molar-refractivity contribution in [2.24, 2.45) is 5.92 Å². The van der Waals surface area contributed by atoms with Crippen LogP contribution in [0.5, 0.6) is 0 Å². The number of thiophene rings is 1. The molecule has 1 unspecified atom stereocenters. The summed E-state index contributed by atoms with van der Waals surface area (Å²) in [5.41, 5.74) is -0.111. The molecule has 0 spiro atoms. The van der Waals surface area contributed by atoms with Gasteiger partial charge >= 0.3 is 11.8 Å². The van der Waals surface area contributed by atoms with Crippen LogP contribution in [0.1, 0.15) is 24.6 Å². The normalized spacial score (nSPS) is 15.5. The lowest BCUT2D eigenvalue weighted by Crippen LogP contribution is -2.45. The SMILES string of the molecule is CC(=O)Nc1ccc(NC(=O)C(=O)NCC(O)(c2cccs2)C2CC2)cc1. The largest absolute Gasteiger partial charge is 0.382 e. The number of carbonyl (C=O) groups excluding carboxylic acids is 3. The molecule has 7 nitrogen and oxygen atoms in total. The lowest BCUT2D eigenvalue weighted by molar-refractivity contribution is -0.137. The smallest absolute Gasteiger partial charge is 0.313 e. The van der Waals surface area contributed by atoms with Gasteiger partial charge in [-0.3, -0.25) is 14.4 Å². The molecule has 0 bridgehead atoms. The van der Waals surface area contributed by atoms with Gasteiger partial charge in [0, 0.05) is 23.2 Å². The number of benzene rings is 1. The third-order valence-corrected chi connectivity index (χ3v) is 5.43. The van der Waals surface area contributed by atoms with Crippen molar-refractivity contribution in [3.8, 4) is 0 Å². The van der Waals surface area contributed by atoms with Crippen LogP contribution in [-0.4, -0.2) is 29.4 Å². The molecular weight excluding hydrogens is 366 g/mol. The monoisotopic (exact) mass is 387 g/mol. The van der Waals surface area contributed by atoms with Crippen LogP contribution < -0.4 is 16.0 Å². The summed E-state index contributed by atoms with van der Waals surface area (Å²) in [5.74, 6) is -1.72. The average molecular weight is 387 g/mol. The molecule has 0 aliphatic heterocycles. The second kappa shape index (κ2) is 7.89. The van der Waals surface area contributed by atoms with E-state index in [0.717, 1.165) is 17.7 Å². The number of anilines is 2. The van der Waals surface area contributed by atoms with E-state index in [9.17, 15) is 19.5 Å². The second-order valence-electron chi connectivity index (χ2n) is 6.57. The Morgan fingerprint density at radius 1 is 1.07 bits per heavy atom. The zero-order chi connectivity index (χ0) is 19.4. The van der Waals surface area contributed by atoms with Crippen molar-refractivity contribution in [3.05, 3.63) is 46.7 Å². The van der Waals surface area contributed by atoms with Crippen molar-refractivity contribution in [1.29, 1.82) is 0 Å². The molecule has 3 amide bonds. The highest BCUT2D eigenvalue weighted by molar-refractivity contribution is 7.10. The molecule has 1 aromatic heterocycles. The lowest BCUT2D eigenvalue weighted by atomic mass is 9.95. The van der Waals surface area contributed by atoms with Crippen LogP contribution in [0.3, 0.4) is 0 Å². The molecule has 1 fully saturated rings. The van der Waals surface area contributed by atoms with Gasteiger partial charge in [0.15, 0.2) is 0 Å². The number of rotatable bonds is 6. The molecule has 1 aliphatic rings. The van der Waals surface area contributed by atoms with E-state index >= 15 is 0 Å². The second-order valence-corrected chi connectivity index (χ2v) is 7.52. The van der Waals surface area contributed by atoms with Crippen LogP contribution in [0.4, 0.5) is 11.4 Å². The number of nitrogens with one attached hydrogen (secondary N) is 3. The molecule has 27 heavy (non-hydrogen) atoms. The van der Waals surface area contributed by atoms with Gasteiger partial charge in [0.2, 0.25) is 5.91 Å². The first-order chi connectivity index (χ1) is 12.9. The zero-order valence-electron chi connectivity index (χ0n) is 14.8. The standard InChI is InChI=1S/C19H21N3O4S/c1-12(23)21-14-6-8-15(9-7-14)22-18(25)17(24)20-11-19(26,13-4-5-13)16-3-2-10-27-16/h2-3,6-10,13,26H,4-5,11H2,1H3,(H,20,24)(H,21,23)(H,22,25). The van der Waals surface area contributed by atoms with Crippen LogP contribution in [0.25, 0.3) is 0 Å². The quantitative estimate of drug-likeness (QED) is 0.569. The van der Waals surface area contributed by atoms with Crippen molar-refractivity contribution >= 4 is 40.4 Å². The molecule has 8 heteroatoms. The zero-order valence-corrected chi connectivity index (χ0v) is 15.6. The number of aliphatic hydroxyl groups is 1. The molecular formula is C19H21N3O4S.